The van der Waals surface area contributed by atoms with E-state index in [1.54, 1.807) is 0 Å². The molecule has 0 saturated heterocycles. The van der Waals surface area contributed by atoms with E-state index < -0.39 is 12.4 Å². The van der Waals surface area contributed by atoms with E-state index in [4.69, 9.17) is 11.6 Å². The van der Waals surface area contributed by atoms with E-state index >= 15 is 0 Å². The summed E-state index contributed by atoms with van der Waals surface area (Å²) in [6, 6.07) is 3.81. The maximum absolute atomic E-state index is 12.8. The van der Waals surface area contributed by atoms with Crippen LogP contribution in [0.3, 0.4) is 0 Å². The summed E-state index contributed by atoms with van der Waals surface area (Å²) < 4.78 is 38.6. The molecule has 1 N–H and O–H groups in total. The molecule has 1 heterocycles. The molecule has 0 amide bonds. The zero-order valence-corrected chi connectivity index (χ0v) is 9.83. The van der Waals surface area contributed by atoms with Gasteiger partial charge in [-0.1, -0.05) is 11.6 Å². The minimum absolute atomic E-state index is 0.0721. The number of hydrogen-bond donors (Lipinski definition) is 1. The molecule has 0 saturated carbocycles. The Morgan fingerprint density at radius 1 is 1.39 bits per heavy atom. The van der Waals surface area contributed by atoms with Crippen LogP contribution >= 0.6 is 11.6 Å². The molecule has 0 aliphatic rings. The molecule has 1 aromatic carbocycles. The van der Waals surface area contributed by atoms with Crippen molar-refractivity contribution in [2.75, 3.05) is 5.32 Å². The topological polar surface area (TPSA) is 29.9 Å². The number of anilines is 1. The molecule has 0 bridgehead atoms. The second-order valence-electron chi connectivity index (χ2n) is 3.51. The number of rotatable bonds is 4. The molecule has 18 heavy (non-hydrogen) atoms. The van der Waals surface area contributed by atoms with Crippen molar-refractivity contribution in [1.29, 1.82) is 0 Å². The van der Waals surface area contributed by atoms with Gasteiger partial charge in [0.2, 0.25) is 0 Å². The molecular weight excluding hydrogens is 267 g/mol. The Kier molecular flexibility index (Phi) is 3.76. The van der Waals surface area contributed by atoms with E-state index in [2.05, 4.69) is 10.3 Å². The van der Waals surface area contributed by atoms with Crippen LogP contribution in [0.15, 0.2) is 30.6 Å². The van der Waals surface area contributed by atoms with Gasteiger partial charge in [-0.05, 0) is 18.2 Å². The molecule has 96 valence electrons. The quantitative estimate of drug-likeness (QED) is 0.922. The number of halogens is 4. The van der Waals surface area contributed by atoms with E-state index in [9.17, 15) is 13.2 Å². The van der Waals surface area contributed by atoms with E-state index in [0.717, 1.165) is 10.6 Å². The zero-order valence-electron chi connectivity index (χ0n) is 9.08. The van der Waals surface area contributed by atoms with Crippen LogP contribution in [-0.2, 0) is 6.54 Å². The van der Waals surface area contributed by atoms with Crippen molar-refractivity contribution < 1.29 is 13.2 Å². The van der Waals surface area contributed by atoms with Gasteiger partial charge in [0.15, 0.2) is 0 Å². The van der Waals surface area contributed by atoms with Gasteiger partial charge in [0.25, 0.3) is 0 Å². The summed E-state index contributed by atoms with van der Waals surface area (Å²) in [6.07, 6.45) is 2.48. The molecule has 0 aliphatic heterocycles. The van der Waals surface area contributed by atoms with E-state index in [1.165, 1.54) is 24.5 Å². The van der Waals surface area contributed by atoms with Crippen molar-refractivity contribution in [2.45, 2.75) is 13.1 Å². The number of aromatic nitrogens is 2. The summed E-state index contributed by atoms with van der Waals surface area (Å²) in [6.45, 7) is -2.57. The maximum atomic E-state index is 12.8. The highest BCUT2D eigenvalue weighted by Gasteiger charge is 2.11. The van der Waals surface area contributed by atoms with Crippen LogP contribution in [0.4, 0.5) is 18.9 Å². The molecule has 0 fully saturated rings. The van der Waals surface area contributed by atoms with Crippen molar-refractivity contribution >= 4 is 17.3 Å². The molecule has 0 spiro atoms. The number of hydrogen-bond acceptors (Lipinski definition) is 2. The highest BCUT2D eigenvalue weighted by atomic mass is 35.5. The smallest absolute Gasteiger partial charge is 0.319 e. The number of benzene rings is 1. The highest BCUT2D eigenvalue weighted by Crippen LogP contribution is 2.23. The third-order valence-corrected chi connectivity index (χ3v) is 2.64. The monoisotopic (exact) mass is 275 g/mol. The predicted octanol–water partition coefficient (Wildman–Crippen LogP) is 3.68. The molecule has 7 heteroatoms. The molecule has 2 aromatic rings. The van der Waals surface area contributed by atoms with Gasteiger partial charge in [0, 0.05) is 12.4 Å². The molecule has 0 atom stereocenters. The lowest BCUT2D eigenvalue weighted by molar-refractivity contribution is 0.0673. The summed E-state index contributed by atoms with van der Waals surface area (Å²) in [4.78, 5) is 3.80. The van der Waals surface area contributed by atoms with E-state index in [1.807, 2.05) is 0 Å². The third-order valence-electron chi connectivity index (χ3n) is 2.33. The lowest BCUT2D eigenvalue weighted by Crippen LogP contribution is -2.09. The minimum Gasteiger partial charge on any atom is -0.377 e. The fourth-order valence-corrected chi connectivity index (χ4v) is 1.70. The maximum Gasteiger partial charge on any atom is 0.319 e. The number of nitrogens with zero attached hydrogens (tertiary/aromatic N) is 2. The van der Waals surface area contributed by atoms with Crippen LogP contribution in [0.1, 0.15) is 12.4 Å². The van der Waals surface area contributed by atoms with Crippen molar-refractivity contribution in [3.05, 3.63) is 47.3 Å². The van der Waals surface area contributed by atoms with Crippen LogP contribution < -0.4 is 5.32 Å². The lowest BCUT2D eigenvalue weighted by Gasteiger charge is -2.10. The standard InChI is InChI=1S/C11H9ClF3N3/c12-8-5-7(13)1-2-9(8)17-6-10-16-3-4-18(10)11(14)15/h1-5,11,17H,6H2. The van der Waals surface area contributed by atoms with Gasteiger partial charge in [0.1, 0.15) is 11.6 Å². The van der Waals surface area contributed by atoms with Gasteiger partial charge in [-0.15, -0.1) is 0 Å². The van der Waals surface area contributed by atoms with Crippen LogP contribution in [0.25, 0.3) is 0 Å². The Morgan fingerprint density at radius 2 is 2.17 bits per heavy atom. The third kappa shape index (κ3) is 2.76. The number of imidazole rings is 1. The Bertz CT molecular complexity index is 542. The predicted molar refractivity (Wildman–Crippen MR) is 62.2 cm³/mol. The Morgan fingerprint density at radius 3 is 2.83 bits per heavy atom. The first-order valence-corrected chi connectivity index (χ1v) is 5.44. The van der Waals surface area contributed by atoms with Crippen LogP contribution in [-0.4, -0.2) is 9.55 Å². The summed E-state index contributed by atoms with van der Waals surface area (Å²) in [5.41, 5.74) is 0.460. The minimum atomic E-state index is -2.65. The first kappa shape index (κ1) is 12.8. The van der Waals surface area contributed by atoms with Crippen molar-refractivity contribution in [3.63, 3.8) is 0 Å². The molecule has 3 nitrogen and oxygen atoms in total. The molecule has 0 aliphatic carbocycles. The van der Waals surface area contributed by atoms with Gasteiger partial charge in [-0.2, -0.15) is 8.78 Å². The summed E-state index contributed by atoms with van der Waals surface area (Å²) in [5.74, 6) is -0.287. The summed E-state index contributed by atoms with van der Waals surface area (Å²) in [7, 11) is 0. The van der Waals surface area contributed by atoms with Crippen LogP contribution in [0.2, 0.25) is 5.02 Å². The largest absolute Gasteiger partial charge is 0.377 e. The van der Waals surface area contributed by atoms with Gasteiger partial charge < -0.3 is 5.32 Å². The fraction of sp³-hybridized carbons (Fsp3) is 0.182. The molecular formula is C11H9ClF3N3. The average molecular weight is 276 g/mol. The molecule has 2 rings (SSSR count). The lowest BCUT2D eigenvalue weighted by atomic mass is 10.3. The van der Waals surface area contributed by atoms with Crippen molar-refractivity contribution in [3.8, 4) is 0 Å². The summed E-state index contributed by atoms with van der Waals surface area (Å²) >= 11 is 5.79. The van der Waals surface area contributed by atoms with Crippen LogP contribution in [0.5, 0.6) is 0 Å². The summed E-state index contributed by atoms with van der Waals surface area (Å²) in [5, 5.41) is 3.01. The van der Waals surface area contributed by atoms with Gasteiger partial charge in [0.05, 0.1) is 17.3 Å². The van der Waals surface area contributed by atoms with Crippen molar-refractivity contribution in [2.24, 2.45) is 0 Å². The second kappa shape index (κ2) is 5.30. The zero-order chi connectivity index (χ0) is 13.1. The van der Waals surface area contributed by atoms with E-state index in [0.29, 0.717) is 5.69 Å². The normalized spacial score (nSPS) is 10.9. The molecule has 0 radical (unpaired) electrons. The van der Waals surface area contributed by atoms with Gasteiger partial charge in [-0.25, -0.2) is 9.37 Å². The SMILES string of the molecule is Fc1ccc(NCc2nccn2C(F)F)c(Cl)c1. The van der Waals surface area contributed by atoms with Gasteiger partial charge >= 0.3 is 6.55 Å². The first-order valence-electron chi connectivity index (χ1n) is 5.06. The van der Waals surface area contributed by atoms with E-state index in [-0.39, 0.29) is 17.4 Å². The fourth-order valence-electron chi connectivity index (χ4n) is 1.47. The second-order valence-corrected chi connectivity index (χ2v) is 3.91. The highest BCUT2D eigenvalue weighted by molar-refractivity contribution is 6.33. The Labute approximate surface area is 106 Å². The number of alkyl halides is 2. The van der Waals surface area contributed by atoms with Gasteiger partial charge in [-0.3, -0.25) is 4.57 Å². The average Bonchev–Trinajstić information content (AvgIpc) is 2.76. The Balaban J connectivity index is 2.09. The molecule has 0 unspecified atom stereocenters. The molecule has 1 aromatic heterocycles. The number of nitrogens with one attached hydrogen (secondary N) is 1. The van der Waals surface area contributed by atoms with Crippen molar-refractivity contribution in [1.82, 2.24) is 9.55 Å². The first-order chi connectivity index (χ1) is 8.58. The Hall–Kier alpha value is -1.69. The van der Waals surface area contributed by atoms with Crippen LogP contribution in [0, 0.1) is 5.82 Å².